The Labute approximate surface area is 113 Å². The summed E-state index contributed by atoms with van der Waals surface area (Å²) in [5, 5.41) is 0. The number of allylic oxidation sites excluding steroid dienone is 1. The first-order valence-electron chi connectivity index (χ1n) is 5.66. The third-order valence-electron chi connectivity index (χ3n) is 2.51. The van der Waals surface area contributed by atoms with Crippen molar-refractivity contribution < 1.29 is 13.2 Å². The monoisotopic (exact) mass is 288 g/mol. The Morgan fingerprint density at radius 1 is 1.33 bits per heavy atom. The maximum atomic E-state index is 11.3. The van der Waals surface area contributed by atoms with E-state index >= 15 is 0 Å². The van der Waals surface area contributed by atoms with Gasteiger partial charge in [-0.15, -0.1) is 6.58 Å². The summed E-state index contributed by atoms with van der Waals surface area (Å²) in [6.45, 7) is 7.84. The Morgan fingerprint density at radius 3 is 2.33 bits per heavy atom. The Hall–Kier alpha value is -1.00. The first-order valence-corrected chi connectivity index (χ1v) is 7.97. The minimum atomic E-state index is -3.69. The molecular formula is C13H17ClO3S. The van der Waals surface area contributed by atoms with Crippen LogP contribution >= 0.6 is 10.7 Å². The van der Waals surface area contributed by atoms with E-state index in [1.807, 2.05) is 6.08 Å². The number of ether oxygens (including phenoxy) is 1. The normalized spacial score (nSPS) is 11.3. The predicted octanol–water partition coefficient (Wildman–Crippen LogP) is 3.58. The number of hydrogen-bond donors (Lipinski definition) is 0. The number of rotatable bonds is 6. The third kappa shape index (κ3) is 4.03. The molecule has 1 aromatic rings. The van der Waals surface area contributed by atoms with E-state index in [9.17, 15) is 8.42 Å². The molecule has 0 saturated heterocycles. The van der Waals surface area contributed by atoms with Gasteiger partial charge in [0.25, 0.3) is 9.05 Å². The van der Waals surface area contributed by atoms with Gasteiger partial charge in [0.1, 0.15) is 5.75 Å². The molecule has 0 aliphatic rings. The topological polar surface area (TPSA) is 43.4 Å². The van der Waals surface area contributed by atoms with Gasteiger partial charge in [-0.2, -0.15) is 0 Å². The van der Waals surface area contributed by atoms with Crippen molar-refractivity contribution >= 4 is 19.7 Å². The van der Waals surface area contributed by atoms with Crippen molar-refractivity contribution in [2.45, 2.75) is 31.6 Å². The molecule has 0 amide bonds. The van der Waals surface area contributed by atoms with Crippen molar-refractivity contribution in [1.29, 1.82) is 0 Å². The van der Waals surface area contributed by atoms with Gasteiger partial charge in [0, 0.05) is 10.7 Å². The van der Waals surface area contributed by atoms with E-state index in [0.29, 0.717) is 6.61 Å². The average molecular weight is 289 g/mol. The van der Waals surface area contributed by atoms with Gasteiger partial charge in [0.15, 0.2) is 0 Å². The molecule has 0 saturated carbocycles. The average Bonchev–Trinajstić information content (AvgIpc) is 2.25. The standard InChI is InChI=1S/C13H17ClO3S/c1-4-5-6-7-17-13-10(2)8-12(9-11(13)3)18(14,15)16/h4,8-9H,1,5-7H2,2-3H3. The van der Waals surface area contributed by atoms with Crippen molar-refractivity contribution in [3.63, 3.8) is 0 Å². The van der Waals surface area contributed by atoms with E-state index in [2.05, 4.69) is 6.58 Å². The van der Waals surface area contributed by atoms with E-state index in [-0.39, 0.29) is 4.90 Å². The minimum absolute atomic E-state index is 0.109. The van der Waals surface area contributed by atoms with Gasteiger partial charge in [-0.1, -0.05) is 6.08 Å². The summed E-state index contributed by atoms with van der Waals surface area (Å²) in [6, 6.07) is 3.05. The molecule has 0 spiro atoms. The lowest BCUT2D eigenvalue weighted by molar-refractivity contribution is 0.308. The van der Waals surface area contributed by atoms with Crippen LogP contribution in [0.15, 0.2) is 29.7 Å². The second-order valence-electron chi connectivity index (χ2n) is 4.10. The first-order chi connectivity index (χ1) is 8.36. The fourth-order valence-corrected chi connectivity index (χ4v) is 2.58. The molecule has 18 heavy (non-hydrogen) atoms. The summed E-state index contributed by atoms with van der Waals surface area (Å²) in [6.07, 6.45) is 3.62. The smallest absolute Gasteiger partial charge is 0.261 e. The lowest BCUT2D eigenvalue weighted by atomic mass is 10.1. The molecule has 0 radical (unpaired) electrons. The highest BCUT2D eigenvalue weighted by Crippen LogP contribution is 2.28. The molecule has 0 heterocycles. The highest BCUT2D eigenvalue weighted by atomic mass is 35.7. The zero-order chi connectivity index (χ0) is 13.8. The Morgan fingerprint density at radius 2 is 1.89 bits per heavy atom. The Bertz CT molecular complexity index is 512. The summed E-state index contributed by atoms with van der Waals surface area (Å²) in [5.41, 5.74) is 1.54. The van der Waals surface area contributed by atoms with E-state index in [4.69, 9.17) is 15.4 Å². The molecule has 0 atom stereocenters. The molecule has 0 unspecified atom stereocenters. The van der Waals surface area contributed by atoms with Gasteiger partial charge in [0.2, 0.25) is 0 Å². The van der Waals surface area contributed by atoms with E-state index < -0.39 is 9.05 Å². The molecule has 0 N–H and O–H groups in total. The predicted molar refractivity (Wildman–Crippen MR) is 73.9 cm³/mol. The van der Waals surface area contributed by atoms with Crippen LogP contribution in [0.25, 0.3) is 0 Å². The molecule has 0 fully saturated rings. The zero-order valence-electron chi connectivity index (χ0n) is 10.6. The largest absolute Gasteiger partial charge is 0.493 e. The summed E-state index contributed by atoms with van der Waals surface area (Å²) < 4.78 is 28.2. The molecule has 0 aliphatic carbocycles. The van der Waals surface area contributed by atoms with Crippen LogP contribution in [0, 0.1) is 13.8 Å². The van der Waals surface area contributed by atoms with Crippen LogP contribution in [0.3, 0.4) is 0 Å². The molecule has 1 rings (SSSR count). The highest BCUT2D eigenvalue weighted by molar-refractivity contribution is 8.13. The highest BCUT2D eigenvalue weighted by Gasteiger charge is 2.14. The summed E-state index contributed by atoms with van der Waals surface area (Å²) >= 11 is 0. The number of aryl methyl sites for hydroxylation is 2. The van der Waals surface area contributed by atoms with Crippen molar-refractivity contribution in [3.05, 3.63) is 35.9 Å². The van der Waals surface area contributed by atoms with Crippen LogP contribution in [-0.4, -0.2) is 15.0 Å². The lowest BCUT2D eigenvalue weighted by Crippen LogP contribution is -2.02. The maximum absolute atomic E-state index is 11.3. The van der Waals surface area contributed by atoms with Gasteiger partial charge in [-0.25, -0.2) is 8.42 Å². The maximum Gasteiger partial charge on any atom is 0.261 e. The van der Waals surface area contributed by atoms with E-state index in [1.54, 1.807) is 13.8 Å². The molecular weight excluding hydrogens is 272 g/mol. The van der Waals surface area contributed by atoms with Gasteiger partial charge >= 0.3 is 0 Å². The van der Waals surface area contributed by atoms with Crippen molar-refractivity contribution in [2.24, 2.45) is 0 Å². The van der Waals surface area contributed by atoms with Crippen LogP contribution in [0.1, 0.15) is 24.0 Å². The zero-order valence-corrected chi connectivity index (χ0v) is 12.1. The summed E-state index contributed by atoms with van der Waals surface area (Å²) in [5.74, 6) is 0.725. The van der Waals surface area contributed by atoms with Crippen molar-refractivity contribution in [1.82, 2.24) is 0 Å². The van der Waals surface area contributed by atoms with Gasteiger partial charge in [0.05, 0.1) is 11.5 Å². The SMILES string of the molecule is C=CCCCOc1c(C)cc(S(=O)(=O)Cl)cc1C. The molecule has 5 heteroatoms. The Balaban J connectivity index is 2.92. The van der Waals surface area contributed by atoms with Gasteiger partial charge < -0.3 is 4.74 Å². The van der Waals surface area contributed by atoms with Crippen molar-refractivity contribution in [3.8, 4) is 5.75 Å². The molecule has 100 valence electrons. The van der Waals surface area contributed by atoms with Gasteiger partial charge in [-0.05, 0) is 49.9 Å². The van der Waals surface area contributed by atoms with Crippen LogP contribution in [0.2, 0.25) is 0 Å². The number of unbranched alkanes of at least 4 members (excludes halogenated alkanes) is 1. The Kier molecular flexibility index (Phi) is 5.23. The fourth-order valence-electron chi connectivity index (χ4n) is 1.68. The van der Waals surface area contributed by atoms with Crippen LogP contribution in [0.4, 0.5) is 0 Å². The quantitative estimate of drug-likeness (QED) is 0.456. The number of benzene rings is 1. The summed E-state index contributed by atoms with van der Waals surface area (Å²) in [4.78, 5) is 0.109. The fraction of sp³-hybridized carbons (Fsp3) is 0.385. The number of halogens is 1. The molecule has 0 aromatic heterocycles. The first kappa shape index (κ1) is 15.1. The second kappa shape index (κ2) is 6.25. The van der Waals surface area contributed by atoms with Crippen LogP contribution < -0.4 is 4.74 Å². The van der Waals surface area contributed by atoms with Gasteiger partial charge in [-0.3, -0.25) is 0 Å². The van der Waals surface area contributed by atoms with Crippen molar-refractivity contribution in [2.75, 3.05) is 6.61 Å². The van der Waals surface area contributed by atoms with E-state index in [1.165, 1.54) is 12.1 Å². The number of hydrogen-bond acceptors (Lipinski definition) is 3. The van der Waals surface area contributed by atoms with Crippen LogP contribution in [0.5, 0.6) is 5.75 Å². The summed E-state index contributed by atoms with van der Waals surface area (Å²) in [7, 11) is 1.63. The lowest BCUT2D eigenvalue weighted by Gasteiger charge is -2.12. The molecule has 0 aliphatic heterocycles. The molecule has 1 aromatic carbocycles. The molecule has 0 bridgehead atoms. The second-order valence-corrected chi connectivity index (χ2v) is 6.67. The van der Waals surface area contributed by atoms with Crippen LogP contribution in [-0.2, 0) is 9.05 Å². The molecule has 3 nitrogen and oxygen atoms in total. The minimum Gasteiger partial charge on any atom is -0.493 e. The van der Waals surface area contributed by atoms with E-state index in [0.717, 1.165) is 29.7 Å². The third-order valence-corrected chi connectivity index (χ3v) is 3.85.